The van der Waals surface area contributed by atoms with Gasteiger partial charge in [-0.15, -0.1) is 12.4 Å². The Kier molecular flexibility index (Phi) is 9.42. The maximum atomic E-state index is 13.2. The molecular weight excluding hydrogens is 391 g/mol. The van der Waals surface area contributed by atoms with E-state index in [9.17, 15) is 9.18 Å². The van der Waals surface area contributed by atoms with Crippen molar-refractivity contribution in [3.8, 4) is 5.75 Å². The van der Waals surface area contributed by atoms with Gasteiger partial charge in [-0.25, -0.2) is 4.39 Å². The molecule has 0 saturated carbocycles. The lowest BCUT2D eigenvalue weighted by Gasteiger charge is -2.23. The van der Waals surface area contributed by atoms with Gasteiger partial charge >= 0.3 is 0 Å². The molecule has 1 unspecified atom stereocenters. The van der Waals surface area contributed by atoms with Gasteiger partial charge in [0.05, 0.1) is 13.2 Å². The van der Waals surface area contributed by atoms with Crippen molar-refractivity contribution in [2.45, 2.75) is 38.1 Å². The van der Waals surface area contributed by atoms with E-state index in [1.807, 2.05) is 24.3 Å². The lowest BCUT2D eigenvalue weighted by Crippen LogP contribution is -2.32. The van der Waals surface area contributed by atoms with Crippen molar-refractivity contribution in [2.24, 2.45) is 5.92 Å². The molecule has 29 heavy (non-hydrogen) atoms. The number of piperidine rings is 1. The fraction of sp³-hybridized carbons (Fsp3) is 0.435. The molecule has 3 rings (SSSR count). The second kappa shape index (κ2) is 11.8. The molecule has 1 saturated heterocycles. The fourth-order valence-electron chi connectivity index (χ4n) is 3.72. The zero-order valence-electron chi connectivity index (χ0n) is 16.8. The predicted octanol–water partition coefficient (Wildman–Crippen LogP) is 4.44. The first kappa shape index (κ1) is 23.2. The predicted molar refractivity (Wildman–Crippen MR) is 116 cm³/mol. The molecule has 1 atom stereocenters. The molecule has 2 aromatic carbocycles. The molecule has 0 aromatic heterocycles. The summed E-state index contributed by atoms with van der Waals surface area (Å²) in [5.74, 6) is 1.22. The van der Waals surface area contributed by atoms with Gasteiger partial charge < -0.3 is 15.4 Å². The molecule has 0 spiro atoms. The van der Waals surface area contributed by atoms with Crippen molar-refractivity contribution in [1.82, 2.24) is 10.6 Å². The molecule has 1 aliphatic heterocycles. The quantitative estimate of drug-likeness (QED) is 0.664. The molecule has 4 nitrogen and oxygen atoms in total. The normalized spacial score (nSPS) is 15.2. The molecule has 1 amide bonds. The number of hydrogen-bond donors (Lipinski definition) is 2. The molecule has 6 heteroatoms. The van der Waals surface area contributed by atoms with Crippen molar-refractivity contribution in [3.05, 3.63) is 65.5 Å². The van der Waals surface area contributed by atoms with E-state index >= 15 is 0 Å². The van der Waals surface area contributed by atoms with Gasteiger partial charge in [-0.05, 0) is 80.1 Å². The minimum Gasteiger partial charge on any atom is -0.497 e. The van der Waals surface area contributed by atoms with Crippen molar-refractivity contribution < 1.29 is 13.9 Å². The Labute approximate surface area is 178 Å². The summed E-state index contributed by atoms with van der Waals surface area (Å²) in [6, 6.07) is 14.0. The van der Waals surface area contributed by atoms with Crippen molar-refractivity contribution in [3.63, 3.8) is 0 Å². The van der Waals surface area contributed by atoms with Crippen LogP contribution < -0.4 is 15.4 Å². The monoisotopic (exact) mass is 420 g/mol. The summed E-state index contributed by atoms with van der Waals surface area (Å²) in [5.41, 5.74) is 2.00. The van der Waals surface area contributed by atoms with Crippen molar-refractivity contribution in [1.29, 1.82) is 0 Å². The van der Waals surface area contributed by atoms with E-state index in [0.29, 0.717) is 18.8 Å². The summed E-state index contributed by atoms with van der Waals surface area (Å²) in [4.78, 5) is 12.6. The van der Waals surface area contributed by atoms with Crippen LogP contribution in [-0.2, 0) is 11.2 Å². The fourth-order valence-corrected chi connectivity index (χ4v) is 3.72. The molecule has 0 aliphatic carbocycles. The molecule has 2 N–H and O–H groups in total. The van der Waals surface area contributed by atoms with Gasteiger partial charge in [0.15, 0.2) is 0 Å². The third-order valence-corrected chi connectivity index (χ3v) is 5.44. The highest BCUT2D eigenvalue weighted by atomic mass is 35.5. The van der Waals surface area contributed by atoms with E-state index in [4.69, 9.17) is 4.74 Å². The van der Waals surface area contributed by atoms with Crippen LogP contribution in [0.4, 0.5) is 4.39 Å². The molecule has 1 fully saturated rings. The number of carbonyl (C=O) groups excluding carboxylic acids is 1. The van der Waals surface area contributed by atoms with E-state index in [1.165, 1.54) is 12.1 Å². The molecular formula is C23H30ClFN2O2. The number of nitrogens with one attached hydrogen (secondary N) is 2. The Morgan fingerprint density at radius 1 is 1.14 bits per heavy atom. The van der Waals surface area contributed by atoms with Crippen LogP contribution in [0.25, 0.3) is 0 Å². The Morgan fingerprint density at radius 2 is 1.79 bits per heavy atom. The van der Waals surface area contributed by atoms with Crippen LogP contribution in [0.1, 0.15) is 42.9 Å². The molecule has 2 aromatic rings. The van der Waals surface area contributed by atoms with Gasteiger partial charge in [0.1, 0.15) is 11.6 Å². The molecule has 158 valence electrons. The number of rotatable bonds is 8. The highest BCUT2D eigenvalue weighted by Crippen LogP contribution is 2.23. The zero-order chi connectivity index (χ0) is 19.8. The van der Waals surface area contributed by atoms with E-state index in [0.717, 1.165) is 49.2 Å². The lowest BCUT2D eigenvalue weighted by molar-refractivity contribution is -0.122. The van der Waals surface area contributed by atoms with Gasteiger partial charge in [-0.3, -0.25) is 4.79 Å². The highest BCUT2D eigenvalue weighted by Gasteiger charge is 2.18. The standard InChI is InChI=1S/C23H29FN2O2.ClH/c1-28-21-9-5-19(6-10-21)22(16-18-2-7-20(24)8-3-18)26-23(27)11-4-17-12-14-25-15-13-17;/h2-3,5-10,17,22,25H,4,11-16H2,1H3,(H,26,27);1H. The Morgan fingerprint density at radius 3 is 2.41 bits per heavy atom. The first-order valence-electron chi connectivity index (χ1n) is 10.0. The van der Waals surface area contributed by atoms with Gasteiger partial charge in [-0.1, -0.05) is 24.3 Å². The summed E-state index contributed by atoms with van der Waals surface area (Å²) in [6.45, 7) is 2.09. The van der Waals surface area contributed by atoms with Crippen molar-refractivity contribution >= 4 is 18.3 Å². The number of methoxy groups -OCH3 is 1. The van der Waals surface area contributed by atoms with Crippen LogP contribution in [0.3, 0.4) is 0 Å². The molecule has 1 aliphatic rings. The first-order chi connectivity index (χ1) is 13.6. The number of halogens is 2. The third-order valence-electron chi connectivity index (χ3n) is 5.44. The summed E-state index contributed by atoms with van der Waals surface area (Å²) in [7, 11) is 1.63. The third kappa shape index (κ3) is 7.33. The number of hydrogen-bond acceptors (Lipinski definition) is 3. The van der Waals surface area contributed by atoms with Crippen LogP contribution in [-0.4, -0.2) is 26.1 Å². The average molecular weight is 421 g/mol. The van der Waals surface area contributed by atoms with E-state index in [2.05, 4.69) is 10.6 Å². The topological polar surface area (TPSA) is 50.4 Å². The molecule has 1 heterocycles. The van der Waals surface area contributed by atoms with Crippen LogP contribution in [0, 0.1) is 11.7 Å². The van der Waals surface area contributed by atoms with E-state index < -0.39 is 0 Å². The summed E-state index contributed by atoms with van der Waals surface area (Å²) >= 11 is 0. The van der Waals surface area contributed by atoms with E-state index in [1.54, 1.807) is 19.2 Å². The Balaban J connectivity index is 0.00000300. The second-order valence-electron chi connectivity index (χ2n) is 7.46. The van der Waals surface area contributed by atoms with Gasteiger partial charge in [-0.2, -0.15) is 0 Å². The highest BCUT2D eigenvalue weighted by molar-refractivity contribution is 5.85. The number of amides is 1. The summed E-state index contributed by atoms with van der Waals surface area (Å²) in [6.07, 6.45) is 4.38. The van der Waals surface area contributed by atoms with Crippen molar-refractivity contribution in [2.75, 3.05) is 20.2 Å². The van der Waals surface area contributed by atoms with Crippen LogP contribution in [0.5, 0.6) is 5.75 Å². The number of carbonyl (C=O) groups is 1. The van der Waals surface area contributed by atoms with Crippen LogP contribution in [0.15, 0.2) is 48.5 Å². The number of benzene rings is 2. The minimum absolute atomic E-state index is 0. The lowest BCUT2D eigenvalue weighted by atomic mass is 9.92. The van der Waals surface area contributed by atoms with Gasteiger partial charge in [0.2, 0.25) is 5.91 Å². The minimum atomic E-state index is -0.254. The first-order valence-corrected chi connectivity index (χ1v) is 10.0. The maximum Gasteiger partial charge on any atom is 0.220 e. The molecule has 0 bridgehead atoms. The number of ether oxygens (including phenoxy) is 1. The second-order valence-corrected chi connectivity index (χ2v) is 7.46. The van der Waals surface area contributed by atoms with Gasteiger partial charge in [0, 0.05) is 6.42 Å². The van der Waals surface area contributed by atoms with E-state index in [-0.39, 0.29) is 30.2 Å². The molecule has 0 radical (unpaired) electrons. The Bertz CT molecular complexity index is 746. The van der Waals surface area contributed by atoms with Crippen LogP contribution in [0.2, 0.25) is 0 Å². The largest absolute Gasteiger partial charge is 0.497 e. The average Bonchev–Trinajstić information content (AvgIpc) is 2.74. The smallest absolute Gasteiger partial charge is 0.220 e. The Hall–Kier alpha value is -2.11. The van der Waals surface area contributed by atoms with Crippen LogP contribution >= 0.6 is 12.4 Å². The summed E-state index contributed by atoms with van der Waals surface area (Å²) < 4.78 is 18.5. The summed E-state index contributed by atoms with van der Waals surface area (Å²) in [5, 5.41) is 6.54. The van der Waals surface area contributed by atoms with Gasteiger partial charge in [0.25, 0.3) is 0 Å². The maximum absolute atomic E-state index is 13.2. The zero-order valence-corrected chi connectivity index (χ0v) is 17.6. The SMILES string of the molecule is COc1ccc(C(Cc2ccc(F)cc2)NC(=O)CCC2CCNCC2)cc1.Cl.